The average molecular weight is 401 g/mol. The standard InChI is InChI=1S/C15H15NO8S2/c1-9-6-10(2)15(11(3)7-9)26(22,23)24-14-5-4-12(25(19,20)21)8-13(14)16(17)18/h4-8H,1-3H3,(H,19,20,21). The Bertz CT molecular complexity index is 1080. The second-order valence-corrected chi connectivity index (χ2v) is 8.53. The lowest BCUT2D eigenvalue weighted by Crippen LogP contribution is -2.14. The number of nitro benzene ring substituents is 1. The van der Waals surface area contributed by atoms with Crippen LogP contribution in [0.4, 0.5) is 5.69 Å². The molecule has 0 aromatic heterocycles. The summed E-state index contributed by atoms with van der Waals surface area (Å²) >= 11 is 0. The van der Waals surface area contributed by atoms with E-state index in [0.717, 1.165) is 17.7 Å². The summed E-state index contributed by atoms with van der Waals surface area (Å²) in [6, 6.07) is 5.38. The third-order valence-corrected chi connectivity index (χ3v) is 5.87. The number of benzene rings is 2. The molecule has 2 aromatic rings. The van der Waals surface area contributed by atoms with Gasteiger partial charge in [-0.15, -0.1) is 0 Å². The second kappa shape index (κ2) is 6.67. The van der Waals surface area contributed by atoms with Crippen LogP contribution in [0.15, 0.2) is 40.1 Å². The van der Waals surface area contributed by atoms with Gasteiger partial charge in [-0.3, -0.25) is 14.7 Å². The van der Waals surface area contributed by atoms with Crippen LogP contribution in [0, 0.1) is 30.9 Å². The molecule has 0 heterocycles. The monoisotopic (exact) mass is 401 g/mol. The highest BCUT2D eigenvalue weighted by Crippen LogP contribution is 2.33. The summed E-state index contributed by atoms with van der Waals surface area (Å²) in [5.41, 5.74) is 0.730. The number of nitro groups is 1. The molecule has 26 heavy (non-hydrogen) atoms. The Hall–Kier alpha value is -2.50. The first-order valence-corrected chi connectivity index (χ1v) is 9.96. The Morgan fingerprint density at radius 3 is 2.00 bits per heavy atom. The van der Waals surface area contributed by atoms with E-state index in [0.29, 0.717) is 17.2 Å². The molecule has 0 aliphatic heterocycles. The van der Waals surface area contributed by atoms with Crippen molar-refractivity contribution in [1.82, 2.24) is 0 Å². The van der Waals surface area contributed by atoms with Crippen LogP contribution in [0.5, 0.6) is 5.75 Å². The molecule has 140 valence electrons. The van der Waals surface area contributed by atoms with Gasteiger partial charge in [0.2, 0.25) is 5.75 Å². The zero-order chi connectivity index (χ0) is 19.9. The van der Waals surface area contributed by atoms with Gasteiger partial charge in [-0.1, -0.05) is 17.7 Å². The van der Waals surface area contributed by atoms with Gasteiger partial charge in [-0.05, 0) is 44.0 Å². The maximum atomic E-state index is 12.6. The molecule has 0 aliphatic carbocycles. The van der Waals surface area contributed by atoms with E-state index in [-0.39, 0.29) is 4.90 Å². The van der Waals surface area contributed by atoms with Crippen molar-refractivity contribution < 1.29 is 30.5 Å². The number of nitrogens with zero attached hydrogens (tertiary/aromatic N) is 1. The van der Waals surface area contributed by atoms with Gasteiger partial charge in [0.1, 0.15) is 9.79 Å². The highest BCUT2D eigenvalue weighted by atomic mass is 32.2. The minimum Gasteiger partial charge on any atom is -0.372 e. The first-order chi connectivity index (χ1) is 11.8. The van der Waals surface area contributed by atoms with Gasteiger partial charge in [0, 0.05) is 6.07 Å². The van der Waals surface area contributed by atoms with Gasteiger partial charge in [0.15, 0.2) is 0 Å². The van der Waals surface area contributed by atoms with Crippen LogP contribution in [0.3, 0.4) is 0 Å². The average Bonchev–Trinajstić information content (AvgIpc) is 2.43. The number of hydrogen-bond acceptors (Lipinski definition) is 7. The molecular weight excluding hydrogens is 386 g/mol. The quantitative estimate of drug-likeness (QED) is 0.349. The van der Waals surface area contributed by atoms with Gasteiger partial charge in [-0.25, -0.2) is 0 Å². The van der Waals surface area contributed by atoms with Crippen LogP contribution in [-0.4, -0.2) is 26.3 Å². The summed E-state index contributed by atoms with van der Waals surface area (Å²) in [5.74, 6) is -0.665. The predicted molar refractivity (Wildman–Crippen MR) is 91.4 cm³/mol. The molecule has 0 unspecified atom stereocenters. The van der Waals surface area contributed by atoms with E-state index >= 15 is 0 Å². The molecular formula is C15H15NO8S2. The maximum absolute atomic E-state index is 12.6. The molecule has 0 bridgehead atoms. The van der Waals surface area contributed by atoms with Crippen molar-refractivity contribution in [3.05, 3.63) is 57.1 Å². The van der Waals surface area contributed by atoms with E-state index in [9.17, 15) is 26.9 Å². The summed E-state index contributed by atoms with van der Waals surface area (Å²) in [6.45, 7) is 4.91. The zero-order valence-electron chi connectivity index (χ0n) is 14.0. The Morgan fingerprint density at radius 1 is 1.00 bits per heavy atom. The first-order valence-electron chi connectivity index (χ1n) is 7.11. The van der Waals surface area contributed by atoms with Gasteiger partial charge < -0.3 is 4.18 Å². The molecule has 0 aliphatic rings. The summed E-state index contributed by atoms with van der Waals surface area (Å²) in [5, 5.41) is 11.2. The van der Waals surface area contributed by atoms with Gasteiger partial charge in [0.05, 0.1) is 4.92 Å². The fourth-order valence-electron chi connectivity index (χ4n) is 2.59. The molecule has 0 atom stereocenters. The van der Waals surface area contributed by atoms with Crippen molar-refractivity contribution in [2.24, 2.45) is 0 Å². The van der Waals surface area contributed by atoms with E-state index in [1.807, 2.05) is 0 Å². The Balaban J connectivity index is 2.59. The lowest BCUT2D eigenvalue weighted by atomic mass is 10.1. The summed E-state index contributed by atoms with van der Waals surface area (Å²) in [4.78, 5) is 9.27. The molecule has 2 rings (SSSR count). The zero-order valence-corrected chi connectivity index (χ0v) is 15.6. The lowest BCUT2D eigenvalue weighted by molar-refractivity contribution is -0.385. The molecule has 0 saturated heterocycles. The number of hydrogen-bond donors (Lipinski definition) is 1. The van der Waals surface area contributed by atoms with Crippen LogP contribution in [-0.2, 0) is 20.2 Å². The van der Waals surface area contributed by atoms with Crippen molar-refractivity contribution in [2.75, 3.05) is 0 Å². The Kier molecular flexibility index (Phi) is 5.08. The number of aryl methyl sites for hydroxylation is 3. The minimum atomic E-state index is -4.70. The third kappa shape index (κ3) is 4.00. The molecule has 0 fully saturated rings. The normalized spacial score (nSPS) is 12.0. The maximum Gasteiger partial charge on any atom is 0.339 e. The second-order valence-electron chi connectivity index (χ2n) is 5.63. The van der Waals surface area contributed by atoms with Gasteiger partial charge >= 0.3 is 15.8 Å². The molecule has 0 radical (unpaired) electrons. The van der Waals surface area contributed by atoms with E-state index in [2.05, 4.69) is 0 Å². The fraction of sp³-hybridized carbons (Fsp3) is 0.200. The minimum absolute atomic E-state index is 0.128. The van der Waals surface area contributed by atoms with Crippen molar-refractivity contribution >= 4 is 25.9 Å². The fourth-order valence-corrected chi connectivity index (χ4v) is 4.46. The van der Waals surface area contributed by atoms with E-state index in [4.69, 9.17) is 8.74 Å². The highest BCUT2D eigenvalue weighted by Gasteiger charge is 2.28. The highest BCUT2D eigenvalue weighted by molar-refractivity contribution is 7.87. The Labute approximate surface area is 150 Å². The molecule has 0 amide bonds. The largest absolute Gasteiger partial charge is 0.372 e. The van der Waals surface area contributed by atoms with Crippen LogP contribution in [0.1, 0.15) is 16.7 Å². The summed E-state index contributed by atoms with van der Waals surface area (Å²) in [6.07, 6.45) is 0. The SMILES string of the molecule is Cc1cc(C)c(S(=O)(=O)Oc2ccc(S(=O)(=O)O)cc2[N+](=O)[O-])c(C)c1. The lowest BCUT2D eigenvalue weighted by Gasteiger charge is -2.13. The first kappa shape index (κ1) is 19.8. The Morgan fingerprint density at radius 2 is 1.54 bits per heavy atom. The predicted octanol–water partition coefficient (Wildman–Crippen LogP) is 2.53. The summed E-state index contributed by atoms with van der Waals surface area (Å²) < 4.78 is 61.3. The van der Waals surface area contributed by atoms with Crippen molar-refractivity contribution in [3.63, 3.8) is 0 Å². The molecule has 0 saturated carbocycles. The third-order valence-electron chi connectivity index (χ3n) is 3.48. The summed E-state index contributed by atoms with van der Waals surface area (Å²) in [7, 11) is -9.11. The van der Waals surface area contributed by atoms with Crippen molar-refractivity contribution in [1.29, 1.82) is 0 Å². The van der Waals surface area contributed by atoms with Crippen LogP contribution >= 0.6 is 0 Å². The molecule has 0 spiro atoms. The van der Waals surface area contributed by atoms with Crippen molar-refractivity contribution in [3.8, 4) is 5.75 Å². The molecule has 1 N–H and O–H groups in total. The smallest absolute Gasteiger partial charge is 0.339 e. The molecule has 9 nitrogen and oxygen atoms in total. The van der Waals surface area contributed by atoms with E-state index in [1.54, 1.807) is 32.9 Å². The van der Waals surface area contributed by atoms with Crippen molar-refractivity contribution in [2.45, 2.75) is 30.6 Å². The van der Waals surface area contributed by atoms with Crippen LogP contribution in [0.2, 0.25) is 0 Å². The topological polar surface area (TPSA) is 141 Å². The van der Waals surface area contributed by atoms with Gasteiger partial charge in [0.25, 0.3) is 10.1 Å². The molecule has 2 aromatic carbocycles. The molecule has 11 heteroatoms. The van der Waals surface area contributed by atoms with Gasteiger partial charge in [-0.2, -0.15) is 16.8 Å². The van der Waals surface area contributed by atoms with Crippen LogP contribution < -0.4 is 4.18 Å². The van der Waals surface area contributed by atoms with Crippen LogP contribution in [0.25, 0.3) is 0 Å². The van der Waals surface area contributed by atoms with E-state index < -0.39 is 41.5 Å². The number of rotatable bonds is 5. The van der Waals surface area contributed by atoms with E-state index in [1.165, 1.54) is 0 Å².